The molecule has 2 N–H and O–H groups in total. The van der Waals surface area contributed by atoms with E-state index in [1.165, 1.54) is 7.11 Å². The number of amides is 1. The topological polar surface area (TPSA) is 83.0 Å². The van der Waals surface area contributed by atoms with E-state index in [4.69, 9.17) is 9.73 Å². The van der Waals surface area contributed by atoms with Gasteiger partial charge in [-0.3, -0.25) is 4.79 Å². The van der Waals surface area contributed by atoms with Crippen LogP contribution in [-0.2, 0) is 16.1 Å². The lowest BCUT2D eigenvalue weighted by Gasteiger charge is -2.34. The van der Waals surface area contributed by atoms with Crippen LogP contribution in [0, 0.1) is 5.92 Å². The zero-order valence-corrected chi connectivity index (χ0v) is 19.2. The lowest BCUT2D eigenvalue weighted by atomic mass is 9.93. The van der Waals surface area contributed by atoms with Gasteiger partial charge in [0.25, 0.3) is 0 Å². The molecule has 2 rings (SSSR count). The second-order valence-electron chi connectivity index (χ2n) is 6.67. The van der Waals surface area contributed by atoms with Crippen molar-refractivity contribution in [3.05, 3.63) is 35.4 Å². The van der Waals surface area contributed by atoms with E-state index in [1.54, 1.807) is 19.2 Å². The molecule has 0 aliphatic carbocycles. The van der Waals surface area contributed by atoms with Gasteiger partial charge in [-0.05, 0) is 43.4 Å². The molecule has 1 aromatic rings. The second kappa shape index (κ2) is 12.6. The van der Waals surface area contributed by atoms with Gasteiger partial charge in [-0.2, -0.15) is 0 Å². The number of ether oxygens (including phenoxy) is 1. The first-order valence-electron chi connectivity index (χ1n) is 9.48. The molecular weight excluding hydrogens is 471 g/mol. The zero-order valence-electron chi connectivity index (χ0n) is 16.9. The molecule has 1 saturated heterocycles. The summed E-state index contributed by atoms with van der Waals surface area (Å²) in [5.41, 5.74) is 1.57. The molecule has 156 valence electrons. The number of aliphatic imine (C=N–C) groups is 1. The Morgan fingerprint density at radius 1 is 1.21 bits per heavy atom. The first kappa shape index (κ1) is 24.2. The zero-order chi connectivity index (χ0) is 19.6. The molecule has 7 nitrogen and oxygen atoms in total. The van der Waals surface area contributed by atoms with Crippen LogP contribution in [0.1, 0.15) is 42.1 Å². The van der Waals surface area contributed by atoms with E-state index < -0.39 is 0 Å². The van der Waals surface area contributed by atoms with Gasteiger partial charge < -0.3 is 20.3 Å². The molecule has 0 unspecified atom stereocenters. The summed E-state index contributed by atoms with van der Waals surface area (Å²) in [5, 5.41) is 6.05. The van der Waals surface area contributed by atoms with E-state index in [0.29, 0.717) is 24.4 Å². The van der Waals surface area contributed by atoms with Crippen molar-refractivity contribution >= 4 is 41.8 Å². The maximum atomic E-state index is 11.6. The van der Waals surface area contributed by atoms with E-state index in [9.17, 15) is 9.59 Å². The molecule has 1 aliphatic rings. The number of nitrogens with zero attached hydrogens (tertiary/aromatic N) is 2. The first-order chi connectivity index (χ1) is 13.1. The van der Waals surface area contributed by atoms with Crippen molar-refractivity contribution in [2.75, 3.05) is 33.8 Å². The van der Waals surface area contributed by atoms with Crippen molar-refractivity contribution in [1.82, 2.24) is 15.5 Å². The normalized spacial score (nSPS) is 14.8. The van der Waals surface area contributed by atoms with Crippen LogP contribution in [-0.4, -0.2) is 56.5 Å². The fourth-order valence-electron chi connectivity index (χ4n) is 3.17. The van der Waals surface area contributed by atoms with Crippen molar-refractivity contribution in [2.24, 2.45) is 10.9 Å². The maximum Gasteiger partial charge on any atom is 0.337 e. The largest absolute Gasteiger partial charge is 0.465 e. The first-order valence-corrected chi connectivity index (χ1v) is 9.48. The van der Waals surface area contributed by atoms with Gasteiger partial charge in [-0.25, -0.2) is 9.79 Å². The summed E-state index contributed by atoms with van der Waals surface area (Å²) < 4.78 is 4.72. The van der Waals surface area contributed by atoms with E-state index >= 15 is 0 Å². The minimum atomic E-state index is -0.335. The van der Waals surface area contributed by atoms with Crippen LogP contribution in [0.4, 0.5) is 0 Å². The number of carbonyl (C=O) groups excluding carboxylic acids is 2. The third-order valence-electron chi connectivity index (χ3n) is 4.79. The van der Waals surface area contributed by atoms with E-state index in [-0.39, 0.29) is 35.9 Å². The van der Waals surface area contributed by atoms with Crippen molar-refractivity contribution in [3.8, 4) is 0 Å². The number of benzene rings is 1. The quantitative estimate of drug-likeness (QED) is 0.270. The molecule has 0 saturated carbocycles. The van der Waals surface area contributed by atoms with Gasteiger partial charge in [-0.15, -0.1) is 24.0 Å². The average molecular weight is 502 g/mol. The number of hydrogen-bond acceptors (Lipinski definition) is 4. The fourth-order valence-corrected chi connectivity index (χ4v) is 3.17. The number of methoxy groups -OCH3 is 1. The molecule has 8 heteroatoms. The van der Waals surface area contributed by atoms with Gasteiger partial charge >= 0.3 is 5.97 Å². The summed E-state index contributed by atoms with van der Waals surface area (Å²) >= 11 is 0. The Morgan fingerprint density at radius 2 is 1.86 bits per heavy atom. The van der Waals surface area contributed by atoms with E-state index in [0.717, 1.165) is 44.0 Å². The number of carbonyl (C=O) groups is 2. The van der Waals surface area contributed by atoms with Crippen LogP contribution < -0.4 is 10.6 Å². The van der Waals surface area contributed by atoms with Crippen LogP contribution in [0.3, 0.4) is 0 Å². The predicted octanol–water partition coefficient (Wildman–Crippen LogP) is 2.40. The van der Waals surface area contributed by atoms with Crippen LogP contribution in [0.25, 0.3) is 0 Å². The number of guanidine groups is 1. The third-order valence-corrected chi connectivity index (χ3v) is 4.79. The standard InChI is InChI=1S/C20H30N4O3.HI/c1-4-22-20(24-11-9-15(10-12-24)13-18(25)21-2)23-14-16-5-7-17(8-6-16)19(26)27-3;/h5-8,15H,4,9-14H2,1-3H3,(H,21,25)(H,22,23);1H. The SMILES string of the molecule is CCNC(=NCc1ccc(C(=O)OC)cc1)N1CCC(CC(=O)NC)CC1.I. The number of halogens is 1. The van der Waals surface area contributed by atoms with Gasteiger partial charge in [0.15, 0.2) is 5.96 Å². The van der Waals surface area contributed by atoms with Crippen molar-refractivity contribution in [3.63, 3.8) is 0 Å². The Hall–Kier alpha value is -1.84. The monoisotopic (exact) mass is 502 g/mol. The van der Waals surface area contributed by atoms with Gasteiger partial charge in [-0.1, -0.05) is 12.1 Å². The molecule has 1 amide bonds. The minimum absolute atomic E-state index is 0. The average Bonchev–Trinajstić information content (AvgIpc) is 2.71. The van der Waals surface area contributed by atoms with Crippen LogP contribution in [0.5, 0.6) is 0 Å². The molecular formula is C20H31IN4O3. The van der Waals surface area contributed by atoms with E-state index in [1.807, 2.05) is 12.1 Å². The molecule has 1 fully saturated rings. The summed E-state index contributed by atoms with van der Waals surface area (Å²) in [7, 11) is 3.06. The third kappa shape index (κ3) is 7.29. The van der Waals surface area contributed by atoms with Crippen molar-refractivity contribution < 1.29 is 14.3 Å². The Labute approximate surface area is 184 Å². The lowest BCUT2D eigenvalue weighted by molar-refractivity contribution is -0.121. The molecule has 0 bridgehead atoms. The highest BCUT2D eigenvalue weighted by atomic mass is 127. The molecule has 0 atom stereocenters. The summed E-state index contributed by atoms with van der Waals surface area (Å²) in [6.07, 6.45) is 2.59. The molecule has 1 aliphatic heterocycles. The van der Waals surface area contributed by atoms with Crippen LogP contribution in [0.2, 0.25) is 0 Å². The summed E-state index contributed by atoms with van der Waals surface area (Å²) in [6, 6.07) is 7.31. The number of nitrogens with one attached hydrogen (secondary N) is 2. The lowest BCUT2D eigenvalue weighted by Crippen LogP contribution is -2.46. The molecule has 1 aromatic carbocycles. The summed E-state index contributed by atoms with van der Waals surface area (Å²) in [4.78, 5) is 30.1. The molecule has 0 aromatic heterocycles. The molecule has 0 spiro atoms. The van der Waals surface area contributed by atoms with E-state index in [2.05, 4.69) is 22.5 Å². The Bertz CT molecular complexity index is 656. The minimum Gasteiger partial charge on any atom is -0.465 e. The Kier molecular flexibility index (Phi) is 10.9. The highest BCUT2D eigenvalue weighted by Gasteiger charge is 2.23. The maximum absolute atomic E-state index is 11.6. The summed E-state index contributed by atoms with van der Waals surface area (Å²) in [5.74, 6) is 1.12. The second-order valence-corrected chi connectivity index (χ2v) is 6.67. The number of likely N-dealkylation sites (tertiary alicyclic amines) is 1. The van der Waals surface area contributed by atoms with Crippen LogP contribution in [0.15, 0.2) is 29.3 Å². The number of hydrogen-bond donors (Lipinski definition) is 2. The van der Waals surface area contributed by atoms with Gasteiger partial charge in [0.05, 0.1) is 19.2 Å². The van der Waals surface area contributed by atoms with Crippen molar-refractivity contribution in [1.29, 1.82) is 0 Å². The summed E-state index contributed by atoms with van der Waals surface area (Å²) in [6.45, 7) is 5.20. The number of rotatable bonds is 6. The fraction of sp³-hybridized carbons (Fsp3) is 0.550. The van der Waals surface area contributed by atoms with Crippen molar-refractivity contribution in [2.45, 2.75) is 32.7 Å². The number of esters is 1. The van der Waals surface area contributed by atoms with Gasteiger partial charge in [0.1, 0.15) is 0 Å². The molecule has 0 radical (unpaired) electrons. The van der Waals surface area contributed by atoms with Gasteiger partial charge in [0.2, 0.25) is 5.91 Å². The predicted molar refractivity (Wildman–Crippen MR) is 121 cm³/mol. The Morgan fingerprint density at radius 3 is 2.39 bits per heavy atom. The number of piperidine rings is 1. The highest BCUT2D eigenvalue weighted by Crippen LogP contribution is 2.20. The molecule has 1 heterocycles. The van der Waals surface area contributed by atoms with Crippen LogP contribution >= 0.6 is 24.0 Å². The molecule has 28 heavy (non-hydrogen) atoms. The highest BCUT2D eigenvalue weighted by molar-refractivity contribution is 14.0. The van der Waals surface area contributed by atoms with Gasteiger partial charge in [0, 0.05) is 33.1 Å². The smallest absolute Gasteiger partial charge is 0.337 e. The Balaban J connectivity index is 0.00000392.